The van der Waals surface area contributed by atoms with E-state index in [9.17, 15) is 0 Å². The molecule has 0 unspecified atom stereocenters. The summed E-state index contributed by atoms with van der Waals surface area (Å²) in [6.07, 6.45) is 9.29. The molecule has 2 aliphatic carbocycles. The van der Waals surface area contributed by atoms with E-state index in [1.54, 1.807) is 5.57 Å². The predicted molar refractivity (Wildman–Crippen MR) is 66.3 cm³/mol. The predicted octanol–water partition coefficient (Wildman–Crippen LogP) is 3.94. The molecule has 0 aromatic carbocycles. The number of epoxide rings is 1. The van der Waals surface area contributed by atoms with E-state index in [4.69, 9.17) is 4.74 Å². The van der Waals surface area contributed by atoms with Gasteiger partial charge in [-0.05, 0) is 56.3 Å². The molecule has 1 heteroatoms. The molecule has 1 nitrogen and oxygen atoms in total. The van der Waals surface area contributed by atoms with E-state index in [0.29, 0.717) is 5.41 Å². The van der Waals surface area contributed by atoms with Gasteiger partial charge in [0.15, 0.2) is 0 Å². The standard InChI is InChI=1S/C15H24O/c1-11-6-4-7-12-8-5-9-13(15(11,12)3)14(2)10-16-14/h7,11,13H,4-6,8-10H2,1-3H3/t11-,13+,14+,15+/m0/s1. The maximum absolute atomic E-state index is 5.77. The highest BCUT2D eigenvalue weighted by Gasteiger charge is 2.58. The van der Waals surface area contributed by atoms with Gasteiger partial charge in [0.05, 0.1) is 12.2 Å². The number of ether oxygens (including phenoxy) is 1. The number of fused-ring (bicyclic) bond motifs is 1. The Kier molecular flexibility index (Phi) is 2.27. The highest BCUT2D eigenvalue weighted by Crippen LogP contribution is 2.59. The van der Waals surface area contributed by atoms with Crippen LogP contribution in [0.4, 0.5) is 0 Å². The van der Waals surface area contributed by atoms with Crippen molar-refractivity contribution in [2.75, 3.05) is 6.61 Å². The van der Waals surface area contributed by atoms with E-state index in [1.807, 2.05) is 0 Å². The minimum atomic E-state index is 0.208. The van der Waals surface area contributed by atoms with E-state index in [2.05, 4.69) is 26.8 Å². The van der Waals surface area contributed by atoms with Gasteiger partial charge in [0, 0.05) is 0 Å². The van der Waals surface area contributed by atoms with Crippen LogP contribution >= 0.6 is 0 Å². The SMILES string of the molecule is C[C@H]1CCC=C2CCC[C@H]([C@@]3(C)CO3)[C@@]21C. The molecule has 90 valence electrons. The summed E-state index contributed by atoms with van der Waals surface area (Å²) in [6.45, 7) is 8.29. The molecule has 3 rings (SSSR count). The average Bonchev–Trinajstić information content (AvgIpc) is 2.99. The third-order valence-electron chi connectivity index (χ3n) is 5.71. The molecule has 0 spiro atoms. The molecule has 1 saturated carbocycles. The lowest BCUT2D eigenvalue weighted by atomic mass is 9.53. The lowest BCUT2D eigenvalue weighted by Gasteiger charge is -2.51. The summed E-state index contributed by atoms with van der Waals surface area (Å²) >= 11 is 0. The van der Waals surface area contributed by atoms with Crippen LogP contribution in [0.1, 0.15) is 52.9 Å². The van der Waals surface area contributed by atoms with E-state index < -0.39 is 0 Å². The summed E-state index contributed by atoms with van der Waals surface area (Å²) in [5.41, 5.74) is 2.39. The molecular weight excluding hydrogens is 196 g/mol. The number of allylic oxidation sites excluding steroid dienone is 2. The fourth-order valence-electron chi connectivity index (χ4n) is 4.33. The molecule has 1 heterocycles. The van der Waals surface area contributed by atoms with Crippen molar-refractivity contribution in [2.45, 2.75) is 58.5 Å². The molecule has 0 radical (unpaired) electrons. The normalized spacial score (nSPS) is 51.8. The van der Waals surface area contributed by atoms with Gasteiger partial charge >= 0.3 is 0 Å². The molecule has 0 aromatic rings. The number of hydrogen-bond donors (Lipinski definition) is 0. The summed E-state index contributed by atoms with van der Waals surface area (Å²) in [4.78, 5) is 0. The van der Waals surface area contributed by atoms with Crippen LogP contribution < -0.4 is 0 Å². The van der Waals surface area contributed by atoms with Crippen molar-refractivity contribution in [2.24, 2.45) is 17.3 Å². The highest BCUT2D eigenvalue weighted by molar-refractivity contribution is 5.25. The second kappa shape index (κ2) is 3.35. The summed E-state index contributed by atoms with van der Waals surface area (Å²) in [6, 6.07) is 0. The van der Waals surface area contributed by atoms with Crippen molar-refractivity contribution in [1.29, 1.82) is 0 Å². The first kappa shape index (κ1) is 10.8. The molecule has 4 atom stereocenters. The second-order valence-electron chi connectivity index (χ2n) is 6.54. The lowest BCUT2D eigenvalue weighted by molar-refractivity contribution is 0.0376. The number of hydrogen-bond acceptors (Lipinski definition) is 1. The lowest BCUT2D eigenvalue weighted by Crippen LogP contribution is -2.46. The van der Waals surface area contributed by atoms with Crippen LogP contribution in [0.3, 0.4) is 0 Å². The first-order valence-corrected chi connectivity index (χ1v) is 6.91. The van der Waals surface area contributed by atoms with Gasteiger partial charge in [0.25, 0.3) is 0 Å². The van der Waals surface area contributed by atoms with Gasteiger partial charge in [0.2, 0.25) is 0 Å². The Morgan fingerprint density at radius 3 is 2.75 bits per heavy atom. The molecule has 0 aromatic heterocycles. The van der Waals surface area contributed by atoms with Crippen molar-refractivity contribution < 1.29 is 4.74 Å². The zero-order valence-corrected chi connectivity index (χ0v) is 10.9. The summed E-state index contributed by atoms with van der Waals surface area (Å²) in [7, 11) is 0. The van der Waals surface area contributed by atoms with E-state index >= 15 is 0 Å². The first-order valence-electron chi connectivity index (χ1n) is 6.91. The van der Waals surface area contributed by atoms with Gasteiger partial charge < -0.3 is 4.74 Å². The van der Waals surface area contributed by atoms with Gasteiger partial charge in [-0.2, -0.15) is 0 Å². The molecular formula is C15H24O. The van der Waals surface area contributed by atoms with Gasteiger partial charge in [0.1, 0.15) is 0 Å². The summed E-state index contributed by atoms with van der Waals surface area (Å²) in [5.74, 6) is 1.59. The minimum Gasteiger partial charge on any atom is -0.370 e. The monoisotopic (exact) mass is 220 g/mol. The average molecular weight is 220 g/mol. The van der Waals surface area contributed by atoms with Crippen molar-refractivity contribution >= 4 is 0 Å². The van der Waals surface area contributed by atoms with Gasteiger partial charge in [-0.3, -0.25) is 0 Å². The zero-order chi connectivity index (χ0) is 11.4. The molecule has 0 N–H and O–H groups in total. The molecule has 1 saturated heterocycles. The van der Waals surface area contributed by atoms with Crippen molar-refractivity contribution in [1.82, 2.24) is 0 Å². The van der Waals surface area contributed by atoms with Crippen LogP contribution in [0.25, 0.3) is 0 Å². The quantitative estimate of drug-likeness (QED) is 0.481. The van der Waals surface area contributed by atoms with Crippen LogP contribution in [0.5, 0.6) is 0 Å². The Morgan fingerprint density at radius 1 is 1.31 bits per heavy atom. The molecule has 0 bridgehead atoms. The van der Waals surface area contributed by atoms with Crippen molar-refractivity contribution in [3.05, 3.63) is 11.6 Å². The first-order chi connectivity index (χ1) is 7.57. The summed E-state index contributed by atoms with van der Waals surface area (Å²) in [5, 5.41) is 0. The maximum atomic E-state index is 5.77. The molecule has 3 aliphatic rings. The second-order valence-corrected chi connectivity index (χ2v) is 6.54. The molecule has 2 fully saturated rings. The molecule has 16 heavy (non-hydrogen) atoms. The van der Waals surface area contributed by atoms with E-state index in [-0.39, 0.29) is 5.60 Å². The Balaban J connectivity index is 1.99. The highest BCUT2D eigenvalue weighted by atomic mass is 16.6. The minimum absolute atomic E-state index is 0.208. The fourth-order valence-corrected chi connectivity index (χ4v) is 4.33. The Morgan fingerprint density at radius 2 is 2.06 bits per heavy atom. The fraction of sp³-hybridized carbons (Fsp3) is 0.867. The smallest absolute Gasteiger partial charge is 0.0924 e. The molecule has 1 aliphatic heterocycles. The van der Waals surface area contributed by atoms with Gasteiger partial charge in [-0.1, -0.05) is 25.5 Å². The molecule has 0 amide bonds. The Bertz CT molecular complexity index is 326. The zero-order valence-electron chi connectivity index (χ0n) is 10.9. The Hall–Kier alpha value is -0.300. The van der Waals surface area contributed by atoms with Crippen molar-refractivity contribution in [3.63, 3.8) is 0 Å². The van der Waals surface area contributed by atoms with Crippen LogP contribution in [0, 0.1) is 17.3 Å². The van der Waals surface area contributed by atoms with Crippen LogP contribution in [-0.4, -0.2) is 12.2 Å². The number of rotatable bonds is 1. The third kappa shape index (κ3) is 1.33. The summed E-state index contributed by atoms with van der Waals surface area (Å²) < 4.78 is 5.77. The van der Waals surface area contributed by atoms with Crippen LogP contribution in [0.2, 0.25) is 0 Å². The van der Waals surface area contributed by atoms with E-state index in [1.165, 1.54) is 32.1 Å². The van der Waals surface area contributed by atoms with Gasteiger partial charge in [-0.25, -0.2) is 0 Å². The van der Waals surface area contributed by atoms with Crippen LogP contribution in [0.15, 0.2) is 11.6 Å². The van der Waals surface area contributed by atoms with E-state index in [0.717, 1.165) is 18.4 Å². The topological polar surface area (TPSA) is 12.5 Å². The van der Waals surface area contributed by atoms with Gasteiger partial charge in [-0.15, -0.1) is 0 Å². The third-order valence-corrected chi connectivity index (χ3v) is 5.71. The Labute approximate surface area is 99.3 Å². The van der Waals surface area contributed by atoms with Crippen LogP contribution in [-0.2, 0) is 4.74 Å². The maximum Gasteiger partial charge on any atom is 0.0924 e. The van der Waals surface area contributed by atoms with Crippen molar-refractivity contribution in [3.8, 4) is 0 Å². The largest absolute Gasteiger partial charge is 0.370 e.